The molecule has 1 N–H and O–H groups in total. The van der Waals surface area contributed by atoms with Crippen molar-refractivity contribution in [1.82, 2.24) is 15.1 Å². The second-order valence-corrected chi connectivity index (χ2v) is 3.28. The standard InChI is InChI=1S/C11H17N3/c1-3-4-5-6-8-12-10-11-7-9-13-14(11)2/h1,7,9,12H,4-6,8,10H2,2H3. The van der Waals surface area contributed by atoms with Crippen LogP contribution in [-0.2, 0) is 13.6 Å². The summed E-state index contributed by atoms with van der Waals surface area (Å²) < 4.78 is 1.88. The Morgan fingerprint density at radius 2 is 2.43 bits per heavy atom. The summed E-state index contributed by atoms with van der Waals surface area (Å²) in [6.45, 7) is 1.90. The van der Waals surface area contributed by atoms with E-state index in [1.165, 1.54) is 5.69 Å². The summed E-state index contributed by atoms with van der Waals surface area (Å²) >= 11 is 0. The van der Waals surface area contributed by atoms with Gasteiger partial charge in [0.25, 0.3) is 0 Å². The van der Waals surface area contributed by atoms with E-state index in [9.17, 15) is 0 Å². The molecule has 0 radical (unpaired) electrons. The van der Waals surface area contributed by atoms with E-state index in [0.717, 1.165) is 32.4 Å². The Labute approximate surface area is 85.5 Å². The third-order valence-electron chi connectivity index (χ3n) is 2.15. The molecule has 0 atom stereocenters. The van der Waals surface area contributed by atoms with E-state index in [1.54, 1.807) is 0 Å². The van der Waals surface area contributed by atoms with Gasteiger partial charge in [-0.1, -0.05) is 0 Å². The topological polar surface area (TPSA) is 29.9 Å². The van der Waals surface area contributed by atoms with Gasteiger partial charge in [0.1, 0.15) is 0 Å². The largest absolute Gasteiger partial charge is 0.311 e. The monoisotopic (exact) mass is 191 g/mol. The van der Waals surface area contributed by atoms with E-state index in [4.69, 9.17) is 6.42 Å². The first-order chi connectivity index (χ1) is 6.84. The van der Waals surface area contributed by atoms with Crippen LogP contribution in [0.5, 0.6) is 0 Å². The van der Waals surface area contributed by atoms with Crippen molar-refractivity contribution in [1.29, 1.82) is 0 Å². The van der Waals surface area contributed by atoms with Crippen LogP contribution in [0.15, 0.2) is 12.3 Å². The van der Waals surface area contributed by atoms with E-state index >= 15 is 0 Å². The minimum atomic E-state index is 0.882. The van der Waals surface area contributed by atoms with Crippen LogP contribution in [0.3, 0.4) is 0 Å². The Hall–Kier alpha value is -1.27. The molecule has 14 heavy (non-hydrogen) atoms. The molecule has 1 aromatic heterocycles. The number of nitrogens with one attached hydrogen (secondary N) is 1. The van der Waals surface area contributed by atoms with Crippen LogP contribution in [0.4, 0.5) is 0 Å². The number of unbranched alkanes of at least 4 members (excludes halogenated alkanes) is 2. The van der Waals surface area contributed by atoms with Crippen LogP contribution in [0.25, 0.3) is 0 Å². The fraction of sp³-hybridized carbons (Fsp3) is 0.545. The lowest BCUT2D eigenvalue weighted by atomic mass is 10.2. The summed E-state index contributed by atoms with van der Waals surface area (Å²) in [6, 6.07) is 2.02. The number of rotatable bonds is 6. The molecule has 0 saturated heterocycles. The second-order valence-electron chi connectivity index (χ2n) is 3.28. The number of terminal acetylenes is 1. The first kappa shape index (κ1) is 10.8. The molecule has 1 aromatic rings. The van der Waals surface area contributed by atoms with Crippen molar-refractivity contribution < 1.29 is 0 Å². The number of nitrogens with zero attached hydrogens (tertiary/aromatic N) is 2. The van der Waals surface area contributed by atoms with Gasteiger partial charge in [0, 0.05) is 26.2 Å². The average molecular weight is 191 g/mol. The van der Waals surface area contributed by atoms with Crippen LogP contribution < -0.4 is 5.32 Å². The van der Waals surface area contributed by atoms with Gasteiger partial charge in [-0.15, -0.1) is 12.3 Å². The van der Waals surface area contributed by atoms with Crippen molar-refractivity contribution in [3.63, 3.8) is 0 Å². The molecular formula is C11H17N3. The summed E-state index contributed by atoms with van der Waals surface area (Å²) in [4.78, 5) is 0. The SMILES string of the molecule is C#CCCCCNCc1ccnn1C. The molecule has 0 amide bonds. The maximum Gasteiger partial charge on any atom is 0.0518 e. The van der Waals surface area contributed by atoms with Gasteiger partial charge in [0.15, 0.2) is 0 Å². The highest BCUT2D eigenvalue weighted by Gasteiger charge is 1.96. The van der Waals surface area contributed by atoms with Gasteiger partial charge >= 0.3 is 0 Å². The lowest BCUT2D eigenvalue weighted by Crippen LogP contribution is -2.16. The Balaban J connectivity index is 2.05. The van der Waals surface area contributed by atoms with Crippen LogP contribution in [-0.4, -0.2) is 16.3 Å². The number of hydrogen-bond donors (Lipinski definition) is 1. The summed E-state index contributed by atoms with van der Waals surface area (Å²) in [5, 5.41) is 7.45. The molecule has 0 aliphatic heterocycles. The van der Waals surface area contributed by atoms with Crippen LogP contribution in [0.1, 0.15) is 25.0 Å². The molecular weight excluding hydrogens is 174 g/mol. The Bertz CT molecular complexity index is 296. The van der Waals surface area contributed by atoms with Gasteiger partial charge in [-0.3, -0.25) is 4.68 Å². The molecule has 0 bridgehead atoms. The van der Waals surface area contributed by atoms with E-state index in [2.05, 4.69) is 16.3 Å². The van der Waals surface area contributed by atoms with Gasteiger partial charge in [0.05, 0.1) is 5.69 Å². The molecule has 0 aromatic carbocycles. The number of aryl methyl sites for hydroxylation is 1. The average Bonchev–Trinajstić information content (AvgIpc) is 2.58. The highest BCUT2D eigenvalue weighted by Crippen LogP contribution is 1.96. The van der Waals surface area contributed by atoms with Gasteiger partial charge in [0.2, 0.25) is 0 Å². The van der Waals surface area contributed by atoms with Crippen LogP contribution in [0, 0.1) is 12.3 Å². The highest BCUT2D eigenvalue weighted by molar-refractivity contribution is 4.98. The molecule has 3 nitrogen and oxygen atoms in total. The molecule has 0 fully saturated rings. The number of aromatic nitrogens is 2. The molecule has 0 aliphatic carbocycles. The van der Waals surface area contributed by atoms with Crippen molar-refractivity contribution in [2.45, 2.75) is 25.8 Å². The fourth-order valence-electron chi connectivity index (χ4n) is 1.27. The third kappa shape index (κ3) is 3.63. The Morgan fingerprint density at radius 3 is 3.07 bits per heavy atom. The predicted molar refractivity (Wildman–Crippen MR) is 57.6 cm³/mol. The second kappa shape index (κ2) is 6.22. The van der Waals surface area contributed by atoms with Crippen molar-refractivity contribution in [2.24, 2.45) is 7.05 Å². The molecule has 76 valence electrons. The van der Waals surface area contributed by atoms with Gasteiger partial charge in [-0.05, 0) is 25.5 Å². The van der Waals surface area contributed by atoms with E-state index in [1.807, 2.05) is 24.0 Å². The molecule has 0 aliphatic rings. The molecule has 0 spiro atoms. The van der Waals surface area contributed by atoms with E-state index in [-0.39, 0.29) is 0 Å². The zero-order valence-corrected chi connectivity index (χ0v) is 8.66. The quantitative estimate of drug-likeness (QED) is 0.543. The first-order valence-corrected chi connectivity index (χ1v) is 4.95. The Morgan fingerprint density at radius 1 is 1.57 bits per heavy atom. The number of hydrogen-bond acceptors (Lipinski definition) is 2. The normalized spacial score (nSPS) is 10.0. The van der Waals surface area contributed by atoms with E-state index in [0.29, 0.717) is 0 Å². The minimum Gasteiger partial charge on any atom is -0.311 e. The van der Waals surface area contributed by atoms with Crippen molar-refractivity contribution in [3.8, 4) is 12.3 Å². The van der Waals surface area contributed by atoms with Gasteiger partial charge < -0.3 is 5.32 Å². The van der Waals surface area contributed by atoms with Crippen molar-refractivity contribution in [2.75, 3.05) is 6.54 Å². The lowest BCUT2D eigenvalue weighted by molar-refractivity contribution is 0.596. The highest BCUT2D eigenvalue weighted by atomic mass is 15.3. The summed E-state index contributed by atoms with van der Waals surface area (Å²) in [7, 11) is 1.95. The lowest BCUT2D eigenvalue weighted by Gasteiger charge is -2.03. The Kier molecular flexibility index (Phi) is 4.81. The van der Waals surface area contributed by atoms with Crippen LogP contribution >= 0.6 is 0 Å². The summed E-state index contributed by atoms with van der Waals surface area (Å²) in [6.07, 6.45) is 10.1. The predicted octanol–water partition coefficient (Wildman–Crippen LogP) is 1.31. The minimum absolute atomic E-state index is 0.882. The zero-order chi connectivity index (χ0) is 10.2. The molecule has 1 rings (SSSR count). The van der Waals surface area contributed by atoms with Crippen LogP contribution in [0.2, 0.25) is 0 Å². The maximum absolute atomic E-state index is 5.16. The maximum atomic E-state index is 5.16. The fourth-order valence-corrected chi connectivity index (χ4v) is 1.27. The zero-order valence-electron chi connectivity index (χ0n) is 8.66. The third-order valence-corrected chi connectivity index (χ3v) is 2.15. The molecule has 1 heterocycles. The molecule has 3 heteroatoms. The van der Waals surface area contributed by atoms with Gasteiger partial charge in [-0.2, -0.15) is 5.10 Å². The van der Waals surface area contributed by atoms with Gasteiger partial charge in [-0.25, -0.2) is 0 Å². The first-order valence-electron chi connectivity index (χ1n) is 4.95. The summed E-state index contributed by atoms with van der Waals surface area (Å²) in [5.74, 6) is 2.64. The molecule has 0 saturated carbocycles. The smallest absolute Gasteiger partial charge is 0.0518 e. The summed E-state index contributed by atoms with van der Waals surface area (Å²) in [5.41, 5.74) is 1.21. The molecule has 0 unspecified atom stereocenters. The van der Waals surface area contributed by atoms with E-state index < -0.39 is 0 Å². The van der Waals surface area contributed by atoms with Crippen molar-refractivity contribution >= 4 is 0 Å². The van der Waals surface area contributed by atoms with Crippen molar-refractivity contribution in [3.05, 3.63) is 18.0 Å².